The molecule has 1 aromatic rings. The zero-order valence-corrected chi connectivity index (χ0v) is 15.3. The fourth-order valence-electron chi connectivity index (χ4n) is 3.80. The molecule has 0 saturated carbocycles. The van der Waals surface area contributed by atoms with Gasteiger partial charge in [-0.25, -0.2) is 0 Å². The summed E-state index contributed by atoms with van der Waals surface area (Å²) in [6.07, 6.45) is 2.21. The van der Waals surface area contributed by atoms with Gasteiger partial charge in [-0.1, -0.05) is 17.7 Å². The van der Waals surface area contributed by atoms with Crippen molar-refractivity contribution in [2.45, 2.75) is 19.8 Å². The molecule has 2 heterocycles. The first-order chi connectivity index (χ1) is 12.1. The summed E-state index contributed by atoms with van der Waals surface area (Å²) in [6, 6.07) is 6.53. The number of nitrogens with zero attached hydrogens (tertiary/aromatic N) is 2. The van der Waals surface area contributed by atoms with Gasteiger partial charge in [0, 0.05) is 19.3 Å². The molecule has 2 amide bonds. The molecule has 0 aliphatic carbocycles. The normalized spacial score (nSPS) is 18.0. The van der Waals surface area contributed by atoms with Crippen LogP contribution in [0.1, 0.15) is 17.5 Å². The molecule has 0 radical (unpaired) electrons. The van der Waals surface area contributed by atoms with Crippen molar-refractivity contribution in [3.63, 3.8) is 0 Å². The van der Waals surface area contributed by atoms with Gasteiger partial charge in [-0.2, -0.15) is 0 Å². The van der Waals surface area contributed by atoms with E-state index in [1.165, 1.54) is 21.7 Å². The highest BCUT2D eigenvalue weighted by atomic mass is 16.2. The maximum atomic E-state index is 12.7. The number of quaternary nitrogens is 1. The number of nitrogens with one attached hydrogen (secondary N) is 2. The number of carbonyl (C=O) groups excluding carboxylic acids is 2. The predicted octanol–water partition coefficient (Wildman–Crippen LogP) is -0.779. The first-order valence-electron chi connectivity index (χ1n) is 9.23. The average Bonchev–Trinajstić information content (AvgIpc) is 2.62. The Morgan fingerprint density at radius 3 is 2.68 bits per heavy atom. The van der Waals surface area contributed by atoms with E-state index in [2.05, 4.69) is 35.3 Å². The van der Waals surface area contributed by atoms with Crippen LogP contribution in [0.3, 0.4) is 0 Å². The van der Waals surface area contributed by atoms with E-state index >= 15 is 0 Å². The maximum absolute atomic E-state index is 12.7. The van der Waals surface area contributed by atoms with Gasteiger partial charge in [0.1, 0.15) is 0 Å². The number of amides is 2. The zero-order valence-electron chi connectivity index (χ0n) is 15.3. The summed E-state index contributed by atoms with van der Waals surface area (Å²) in [5.41, 5.74) is 3.86. The topological polar surface area (TPSA) is 57.1 Å². The van der Waals surface area contributed by atoms with Crippen molar-refractivity contribution in [2.75, 3.05) is 57.8 Å². The Bertz CT molecular complexity index is 638. The Balaban J connectivity index is 1.55. The van der Waals surface area contributed by atoms with E-state index in [4.69, 9.17) is 0 Å². The maximum Gasteiger partial charge on any atom is 0.274 e. The van der Waals surface area contributed by atoms with Crippen molar-refractivity contribution in [1.82, 2.24) is 10.2 Å². The Hall–Kier alpha value is -2.08. The third kappa shape index (κ3) is 4.31. The Morgan fingerprint density at radius 2 is 1.96 bits per heavy atom. The van der Waals surface area contributed by atoms with Crippen LogP contribution in [-0.4, -0.2) is 69.6 Å². The van der Waals surface area contributed by atoms with Gasteiger partial charge in [-0.05, 0) is 31.4 Å². The molecule has 2 aliphatic rings. The van der Waals surface area contributed by atoms with E-state index in [9.17, 15) is 9.59 Å². The molecule has 25 heavy (non-hydrogen) atoms. The van der Waals surface area contributed by atoms with Crippen LogP contribution < -0.4 is 15.1 Å². The van der Waals surface area contributed by atoms with Crippen molar-refractivity contribution < 1.29 is 14.5 Å². The molecule has 6 nitrogen and oxygen atoms in total. The lowest BCUT2D eigenvalue weighted by molar-refractivity contribution is -0.896. The van der Waals surface area contributed by atoms with Crippen molar-refractivity contribution in [1.29, 1.82) is 0 Å². The molecule has 2 aliphatic heterocycles. The SMILES string of the molecule is CNC(=O)C[NH+]1CCN(C(=O)CN2CCCc3cc(C)ccc32)CC1. The van der Waals surface area contributed by atoms with E-state index in [1.54, 1.807) is 7.05 Å². The molecule has 1 aromatic carbocycles. The molecule has 0 aromatic heterocycles. The van der Waals surface area contributed by atoms with E-state index in [-0.39, 0.29) is 11.8 Å². The highest BCUT2D eigenvalue weighted by Crippen LogP contribution is 2.27. The highest BCUT2D eigenvalue weighted by molar-refractivity contribution is 5.82. The van der Waals surface area contributed by atoms with Crippen LogP contribution in [0.5, 0.6) is 0 Å². The second-order valence-corrected chi connectivity index (χ2v) is 7.14. The van der Waals surface area contributed by atoms with Gasteiger partial charge in [0.2, 0.25) is 5.91 Å². The van der Waals surface area contributed by atoms with Gasteiger partial charge in [0.15, 0.2) is 6.54 Å². The Morgan fingerprint density at radius 1 is 1.20 bits per heavy atom. The molecule has 3 rings (SSSR count). The van der Waals surface area contributed by atoms with Gasteiger partial charge >= 0.3 is 0 Å². The third-order valence-electron chi connectivity index (χ3n) is 5.29. The fraction of sp³-hybridized carbons (Fsp3) is 0.579. The molecular weight excluding hydrogens is 316 g/mol. The van der Waals surface area contributed by atoms with Gasteiger partial charge in [-0.15, -0.1) is 0 Å². The standard InChI is InChI=1S/C19H28N4O2/c1-15-5-6-17-16(12-15)4-3-7-23(17)14-19(25)22-10-8-21(9-11-22)13-18(24)20-2/h5-6,12H,3-4,7-11,13-14H2,1-2H3,(H,20,24)/p+1. The van der Waals surface area contributed by atoms with Crippen LogP contribution >= 0.6 is 0 Å². The molecule has 6 heteroatoms. The third-order valence-corrected chi connectivity index (χ3v) is 5.29. The van der Waals surface area contributed by atoms with Gasteiger partial charge in [0.25, 0.3) is 5.91 Å². The average molecular weight is 345 g/mol. The second kappa shape index (κ2) is 7.87. The smallest absolute Gasteiger partial charge is 0.274 e. The van der Waals surface area contributed by atoms with Crippen molar-refractivity contribution in [2.24, 2.45) is 0 Å². The number of piperazine rings is 1. The van der Waals surface area contributed by atoms with E-state index in [0.717, 1.165) is 45.6 Å². The summed E-state index contributed by atoms with van der Waals surface area (Å²) in [5.74, 6) is 0.266. The predicted molar refractivity (Wildman–Crippen MR) is 97.9 cm³/mol. The van der Waals surface area contributed by atoms with E-state index < -0.39 is 0 Å². The molecule has 0 spiro atoms. The lowest BCUT2D eigenvalue weighted by Crippen LogP contribution is -3.15. The summed E-state index contributed by atoms with van der Waals surface area (Å²) >= 11 is 0. The summed E-state index contributed by atoms with van der Waals surface area (Å²) in [4.78, 5) is 29.6. The number of hydrogen-bond acceptors (Lipinski definition) is 3. The molecule has 0 atom stereocenters. The van der Waals surface area contributed by atoms with Gasteiger partial charge in [0.05, 0.1) is 32.7 Å². The minimum atomic E-state index is 0.0648. The van der Waals surface area contributed by atoms with Crippen LogP contribution in [0.25, 0.3) is 0 Å². The number of likely N-dealkylation sites (N-methyl/N-ethyl adjacent to an activating group) is 1. The van der Waals surface area contributed by atoms with E-state index in [0.29, 0.717) is 13.1 Å². The van der Waals surface area contributed by atoms with Crippen LogP contribution in [0.15, 0.2) is 18.2 Å². The number of aryl methyl sites for hydroxylation is 2. The second-order valence-electron chi connectivity index (χ2n) is 7.14. The number of carbonyl (C=O) groups is 2. The summed E-state index contributed by atoms with van der Waals surface area (Å²) in [6.45, 7) is 7.18. The summed E-state index contributed by atoms with van der Waals surface area (Å²) < 4.78 is 0. The summed E-state index contributed by atoms with van der Waals surface area (Å²) in [7, 11) is 1.67. The quantitative estimate of drug-likeness (QED) is 0.753. The van der Waals surface area contributed by atoms with Crippen LogP contribution in [0.2, 0.25) is 0 Å². The van der Waals surface area contributed by atoms with Crippen molar-refractivity contribution in [3.8, 4) is 0 Å². The molecular formula is C19H29N4O2+. The lowest BCUT2D eigenvalue weighted by atomic mass is 9.99. The number of fused-ring (bicyclic) bond motifs is 1. The minimum Gasteiger partial charge on any atom is -0.362 e. The summed E-state index contributed by atoms with van der Waals surface area (Å²) in [5, 5.41) is 2.67. The van der Waals surface area contributed by atoms with Crippen LogP contribution in [-0.2, 0) is 16.0 Å². The first-order valence-corrected chi connectivity index (χ1v) is 9.23. The molecule has 1 fully saturated rings. The number of rotatable bonds is 4. The molecule has 1 saturated heterocycles. The number of hydrogen-bond donors (Lipinski definition) is 2. The fourth-order valence-corrected chi connectivity index (χ4v) is 3.80. The zero-order chi connectivity index (χ0) is 17.8. The molecule has 0 unspecified atom stereocenters. The van der Waals surface area contributed by atoms with Crippen LogP contribution in [0.4, 0.5) is 5.69 Å². The number of anilines is 1. The van der Waals surface area contributed by atoms with Crippen LogP contribution in [0, 0.1) is 6.92 Å². The van der Waals surface area contributed by atoms with Gasteiger partial charge in [-0.3, -0.25) is 9.59 Å². The van der Waals surface area contributed by atoms with Crippen molar-refractivity contribution in [3.05, 3.63) is 29.3 Å². The molecule has 136 valence electrons. The lowest BCUT2D eigenvalue weighted by Gasteiger charge is -2.35. The Kier molecular flexibility index (Phi) is 5.58. The van der Waals surface area contributed by atoms with Crippen molar-refractivity contribution >= 4 is 17.5 Å². The molecule has 0 bridgehead atoms. The van der Waals surface area contributed by atoms with Gasteiger partial charge < -0.3 is 20.0 Å². The minimum absolute atomic E-state index is 0.0648. The number of benzene rings is 1. The molecule has 2 N–H and O–H groups in total. The largest absolute Gasteiger partial charge is 0.362 e. The highest BCUT2D eigenvalue weighted by Gasteiger charge is 2.27. The first kappa shape index (κ1) is 17.7. The Labute approximate surface area is 149 Å². The van der Waals surface area contributed by atoms with E-state index in [1.807, 2.05) is 4.90 Å². The monoisotopic (exact) mass is 345 g/mol.